The predicted molar refractivity (Wildman–Crippen MR) is 57.9 cm³/mol. The maximum absolute atomic E-state index is 12.5. The Labute approximate surface area is 103 Å². The lowest BCUT2D eigenvalue weighted by Gasteiger charge is -2.11. The number of ether oxygens (including phenoxy) is 1. The van der Waals surface area contributed by atoms with E-state index in [4.69, 9.17) is 0 Å². The molecule has 7 heteroatoms. The molecule has 0 saturated heterocycles. The van der Waals surface area contributed by atoms with Gasteiger partial charge in [-0.15, -0.1) is 0 Å². The Hall–Kier alpha value is -0.860. The van der Waals surface area contributed by atoms with Gasteiger partial charge in [0.25, 0.3) is 0 Å². The van der Waals surface area contributed by atoms with Gasteiger partial charge in [0.2, 0.25) is 0 Å². The summed E-state index contributed by atoms with van der Waals surface area (Å²) in [6.45, 7) is 1.52. The summed E-state index contributed by atoms with van der Waals surface area (Å²) in [7, 11) is 0. The van der Waals surface area contributed by atoms with E-state index in [-0.39, 0.29) is 6.61 Å². The number of hydrogen-bond acceptors (Lipinski definition) is 3. The third kappa shape index (κ3) is 3.06. The van der Waals surface area contributed by atoms with Gasteiger partial charge in [-0.25, -0.2) is 9.78 Å². The van der Waals surface area contributed by atoms with Crippen molar-refractivity contribution in [3.63, 3.8) is 0 Å². The highest BCUT2D eigenvalue weighted by molar-refractivity contribution is 14.1. The van der Waals surface area contributed by atoms with Crippen molar-refractivity contribution in [2.24, 2.45) is 0 Å². The van der Waals surface area contributed by atoms with Crippen LogP contribution in [0.3, 0.4) is 0 Å². The zero-order chi connectivity index (χ0) is 12.3. The Balaban J connectivity index is 3.24. The third-order valence-electron chi connectivity index (χ3n) is 1.64. The number of hydrogen-bond donors (Lipinski definition) is 0. The van der Waals surface area contributed by atoms with Crippen LogP contribution in [0.5, 0.6) is 0 Å². The second kappa shape index (κ2) is 4.98. The standard InChI is InChI=1S/C9H7F3INO2/c1-2-16-8(15)7-5(9(10,11)12)3-4-6(13)14-7/h3-4H,2H2,1H3. The zero-order valence-electron chi connectivity index (χ0n) is 8.14. The van der Waals surface area contributed by atoms with Crippen molar-refractivity contribution >= 4 is 28.6 Å². The summed E-state index contributed by atoms with van der Waals surface area (Å²) in [5.74, 6) is -1.06. The van der Waals surface area contributed by atoms with E-state index in [1.165, 1.54) is 13.0 Å². The minimum Gasteiger partial charge on any atom is -0.461 e. The molecule has 1 aromatic rings. The zero-order valence-corrected chi connectivity index (χ0v) is 10.3. The first-order valence-electron chi connectivity index (χ1n) is 4.27. The summed E-state index contributed by atoms with van der Waals surface area (Å²) in [4.78, 5) is 14.8. The highest BCUT2D eigenvalue weighted by Gasteiger charge is 2.36. The summed E-state index contributed by atoms with van der Waals surface area (Å²) < 4.78 is 42.4. The molecule has 0 radical (unpaired) electrons. The van der Waals surface area contributed by atoms with Crippen LogP contribution in [0.1, 0.15) is 23.0 Å². The summed E-state index contributed by atoms with van der Waals surface area (Å²) >= 11 is 1.73. The number of aromatic nitrogens is 1. The Morgan fingerprint density at radius 3 is 2.62 bits per heavy atom. The maximum atomic E-state index is 12.5. The smallest absolute Gasteiger partial charge is 0.418 e. The first kappa shape index (κ1) is 13.2. The molecule has 1 heterocycles. The first-order valence-corrected chi connectivity index (χ1v) is 5.35. The average molecular weight is 345 g/mol. The van der Waals surface area contributed by atoms with Gasteiger partial charge in [0.15, 0.2) is 5.69 Å². The summed E-state index contributed by atoms with van der Waals surface area (Å²) in [5, 5.41) is 0. The largest absolute Gasteiger partial charge is 0.461 e. The van der Waals surface area contributed by atoms with E-state index in [0.29, 0.717) is 3.70 Å². The summed E-state index contributed by atoms with van der Waals surface area (Å²) in [6.07, 6.45) is -4.61. The van der Waals surface area contributed by atoms with Gasteiger partial charge in [-0.05, 0) is 41.6 Å². The fraction of sp³-hybridized carbons (Fsp3) is 0.333. The van der Waals surface area contributed by atoms with Gasteiger partial charge in [0, 0.05) is 0 Å². The van der Waals surface area contributed by atoms with Crippen LogP contribution < -0.4 is 0 Å². The molecule has 0 aliphatic rings. The minimum absolute atomic E-state index is 0.00326. The molecule has 1 aromatic heterocycles. The number of alkyl halides is 3. The SMILES string of the molecule is CCOC(=O)c1nc(I)ccc1C(F)(F)F. The van der Waals surface area contributed by atoms with Crippen LogP contribution in [0.25, 0.3) is 0 Å². The lowest BCUT2D eigenvalue weighted by atomic mass is 10.2. The maximum Gasteiger partial charge on any atom is 0.418 e. The fourth-order valence-corrected chi connectivity index (χ4v) is 1.44. The molecule has 0 aliphatic heterocycles. The van der Waals surface area contributed by atoms with Crippen molar-refractivity contribution in [1.29, 1.82) is 0 Å². The van der Waals surface area contributed by atoms with Gasteiger partial charge in [0.05, 0.1) is 12.2 Å². The van der Waals surface area contributed by atoms with Gasteiger partial charge in [-0.1, -0.05) is 0 Å². The molecule has 0 aliphatic carbocycles. The topological polar surface area (TPSA) is 39.2 Å². The van der Waals surface area contributed by atoms with Crippen molar-refractivity contribution in [2.75, 3.05) is 6.61 Å². The van der Waals surface area contributed by atoms with Crippen LogP contribution in [-0.2, 0) is 10.9 Å². The van der Waals surface area contributed by atoms with E-state index >= 15 is 0 Å². The Bertz CT molecular complexity index is 406. The van der Waals surface area contributed by atoms with Crippen LogP contribution in [0.15, 0.2) is 12.1 Å². The molecule has 0 aromatic carbocycles. The number of nitrogens with zero attached hydrogens (tertiary/aromatic N) is 1. The average Bonchev–Trinajstić information content (AvgIpc) is 2.16. The van der Waals surface area contributed by atoms with Crippen LogP contribution in [-0.4, -0.2) is 17.6 Å². The van der Waals surface area contributed by atoms with E-state index in [1.807, 2.05) is 0 Å². The number of carbonyl (C=O) groups is 1. The molecule has 0 saturated carbocycles. The summed E-state index contributed by atoms with van der Waals surface area (Å²) in [6, 6.07) is 2.01. The highest BCUT2D eigenvalue weighted by Crippen LogP contribution is 2.31. The molecule has 0 atom stereocenters. The normalized spacial score (nSPS) is 11.3. The van der Waals surface area contributed by atoms with Crippen molar-refractivity contribution in [1.82, 2.24) is 4.98 Å². The molecule has 0 spiro atoms. The second-order valence-corrected chi connectivity index (χ2v) is 3.85. The lowest BCUT2D eigenvalue weighted by molar-refractivity contribution is -0.138. The molecule has 1 rings (SSSR count). The van der Waals surface area contributed by atoms with Crippen LogP contribution in [0.2, 0.25) is 0 Å². The van der Waals surface area contributed by atoms with E-state index in [9.17, 15) is 18.0 Å². The van der Waals surface area contributed by atoms with Crippen molar-refractivity contribution in [3.8, 4) is 0 Å². The van der Waals surface area contributed by atoms with Crippen LogP contribution in [0, 0.1) is 3.70 Å². The van der Waals surface area contributed by atoms with E-state index < -0.39 is 23.4 Å². The summed E-state index contributed by atoms with van der Waals surface area (Å²) in [5.41, 5.74) is -1.77. The third-order valence-corrected chi connectivity index (χ3v) is 2.24. The van der Waals surface area contributed by atoms with Gasteiger partial charge in [0.1, 0.15) is 3.70 Å². The molecule has 0 unspecified atom stereocenters. The number of carbonyl (C=O) groups excluding carboxylic acids is 1. The molecule has 0 amide bonds. The predicted octanol–water partition coefficient (Wildman–Crippen LogP) is 2.88. The van der Waals surface area contributed by atoms with Gasteiger partial charge >= 0.3 is 12.1 Å². The number of rotatable bonds is 2. The first-order chi connectivity index (χ1) is 7.36. The van der Waals surface area contributed by atoms with E-state index in [0.717, 1.165) is 6.07 Å². The van der Waals surface area contributed by atoms with Crippen molar-refractivity contribution < 1.29 is 22.7 Å². The van der Waals surface area contributed by atoms with Gasteiger partial charge < -0.3 is 4.74 Å². The highest BCUT2D eigenvalue weighted by atomic mass is 127. The quantitative estimate of drug-likeness (QED) is 0.470. The Morgan fingerprint density at radius 1 is 1.50 bits per heavy atom. The van der Waals surface area contributed by atoms with Crippen LogP contribution in [0.4, 0.5) is 13.2 Å². The molecule has 0 fully saturated rings. The fourth-order valence-electron chi connectivity index (χ4n) is 1.02. The van der Waals surface area contributed by atoms with Gasteiger partial charge in [-0.3, -0.25) is 0 Å². The molecule has 16 heavy (non-hydrogen) atoms. The molecular formula is C9H7F3INO2. The lowest BCUT2D eigenvalue weighted by Crippen LogP contribution is -2.17. The number of esters is 1. The molecular weight excluding hydrogens is 338 g/mol. The van der Waals surface area contributed by atoms with Crippen molar-refractivity contribution in [2.45, 2.75) is 13.1 Å². The number of pyridine rings is 1. The molecule has 88 valence electrons. The van der Waals surface area contributed by atoms with Gasteiger partial charge in [-0.2, -0.15) is 13.2 Å². The molecule has 0 N–H and O–H groups in total. The molecule has 3 nitrogen and oxygen atoms in total. The Morgan fingerprint density at radius 2 is 2.12 bits per heavy atom. The second-order valence-electron chi connectivity index (χ2n) is 2.75. The van der Waals surface area contributed by atoms with E-state index in [2.05, 4.69) is 9.72 Å². The van der Waals surface area contributed by atoms with Crippen molar-refractivity contribution in [3.05, 3.63) is 27.1 Å². The molecule has 0 bridgehead atoms. The number of halogens is 4. The van der Waals surface area contributed by atoms with E-state index in [1.54, 1.807) is 22.6 Å². The Kier molecular flexibility index (Phi) is 4.11. The van der Waals surface area contributed by atoms with Crippen LogP contribution >= 0.6 is 22.6 Å². The minimum atomic E-state index is -4.61. The monoisotopic (exact) mass is 345 g/mol.